The Morgan fingerprint density at radius 3 is 2.29 bits per heavy atom. The number of aromatic hydroxyl groups is 1. The summed E-state index contributed by atoms with van der Waals surface area (Å²) in [6.45, 7) is 4.33. The van der Waals surface area contributed by atoms with Crippen LogP contribution in [-0.2, 0) is 0 Å². The van der Waals surface area contributed by atoms with E-state index >= 15 is 0 Å². The Balaban J connectivity index is 2.43. The lowest BCUT2D eigenvalue weighted by Gasteiger charge is -2.08. The van der Waals surface area contributed by atoms with Crippen LogP contribution in [0.15, 0.2) is 36.4 Å². The number of halogens is 1. The van der Waals surface area contributed by atoms with Gasteiger partial charge in [0.25, 0.3) is 0 Å². The monoisotopic (exact) mass is 339 g/mol. The van der Waals surface area contributed by atoms with Gasteiger partial charge in [0.2, 0.25) is 0 Å². The smallest absolute Gasteiger partial charge is 0.141 e. The number of nitrogens with zero attached hydrogens (tertiary/aromatic N) is 1. The van der Waals surface area contributed by atoms with Gasteiger partial charge in [0.15, 0.2) is 0 Å². The van der Waals surface area contributed by atoms with Crippen molar-refractivity contribution in [1.82, 2.24) is 4.98 Å². The zero-order chi connectivity index (χ0) is 12.4. The van der Waals surface area contributed by atoms with E-state index in [1.54, 1.807) is 12.1 Å². The average Bonchev–Trinajstić information content (AvgIpc) is 2.32. The lowest BCUT2D eigenvalue weighted by molar-refractivity contribution is 0.475. The van der Waals surface area contributed by atoms with Gasteiger partial charge in [0.05, 0.1) is 0 Å². The molecule has 0 amide bonds. The Hall–Kier alpha value is -1.10. The van der Waals surface area contributed by atoms with E-state index in [2.05, 4.69) is 53.6 Å². The van der Waals surface area contributed by atoms with E-state index in [0.29, 0.717) is 11.6 Å². The molecular formula is C14H14INO. The van der Waals surface area contributed by atoms with Gasteiger partial charge in [-0.1, -0.05) is 38.1 Å². The molecule has 0 bridgehead atoms. The van der Waals surface area contributed by atoms with E-state index in [1.807, 2.05) is 12.1 Å². The molecule has 1 N–H and O–H groups in total. The van der Waals surface area contributed by atoms with Crippen LogP contribution >= 0.6 is 22.6 Å². The Bertz CT molecular complexity index is 520. The van der Waals surface area contributed by atoms with Gasteiger partial charge in [-0.15, -0.1) is 0 Å². The van der Waals surface area contributed by atoms with Crippen LogP contribution in [0.1, 0.15) is 25.3 Å². The Morgan fingerprint density at radius 1 is 1.06 bits per heavy atom. The van der Waals surface area contributed by atoms with E-state index in [9.17, 15) is 5.11 Å². The maximum atomic E-state index is 9.80. The summed E-state index contributed by atoms with van der Waals surface area (Å²) in [6, 6.07) is 11.7. The summed E-state index contributed by atoms with van der Waals surface area (Å²) in [5.41, 5.74) is 2.89. The standard InChI is InChI=1S/C14H14INO/c1-9(2)10-3-5-11(6-4-10)14-12(17)7-8-13(15)16-14/h3-9,17H,1-2H3. The van der Waals surface area contributed by atoms with Gasteiger partial charge in [-0.2, -0.15) is 0 Å². The molecule has 0 unspecified atom stereocenters. The summed E-state index contributed by atoms with van der Waals surface area (Å²) in [4.78, 5) is 4.35. The fraction of sp³-hybridized carbons (Fsp3) is 0.214. The Kier molecular flexibility index (Phi) is 3.66. The largest absolute Gasteiger partial charge is 0.506 e. The molecule has 0 saturated carbocycles. The summed E-state index contributed by atoms with van der Waals surface area (Å²) >= 11 is 2.14. The Morgan fingerprint density at radius 2 is 1.71 bits per heavy atom. The molecule has 1 heterocycles. The van der Waals surface area contributed by atoms with Crippen LogP contribution < -0.4 is 0 Å². The number of benzene rings is 1. The molecule has 2 rings (SSSR count). The van der Waals surface area contributed by atoms with Gasteiger partial charge in [0, 0.05) is 5.56 Å². The number of hydrogen-bond acceptors (Lipinski definition) is 2. The molecule has 0 fully saturated rings. The maximum Gasteiger partial charge on any atom is 0.141 e. The van der Waals surface area contributed by atoms with Crippen LogP contribution in [0.5, 0.6) is 5.75 Å². The summed E-state index contributed by atoms with van der Waals surface area (Å²) in [5, 5.41) is 9.80. The molecule has 2 nitrogen and oxygen atoms in total. The molecule has 1 aromatic carbocycles. The second-order valence-electron chi connectivity index (χ2n) is 4.28. The molecular weight excluding hydrogens is 325 g/mol. The molecule has 0 aliphatic heterocycles. The minimum absolute atomic E-state index is 0.225. The molecule has 0 aliphatic rings. The lowest BCUT2D eigenvalue weighted by atomic mass is 10.0. The first-order valence-corrected chi connectivity index (χ1v) is 6.61. The number of hydrogen-bond donors (Lipinski definition) is 1. The maximum absolute atomic E-state index is 9.80. The first-order valence-electron chi connectivity index (χ1n) is 5.54. The van der Waals surface area contributed by atoms with E-state index in [-0.39, 0.29) is 5.75 Å². The molecule has 0 spiro atoms. The fourth-order valence-electron chi connectivity index (χ4n) is 1.67. The second-order valence-corrected chi connectivity index (χ2v) is 5.38. The van der Waals surface area contributed by atoms with Crippen LogP contribution in [0, 0.1) is 3.70 Å². The molecule has 0 atom stereocenters. The summed E-state index contributed by atoms with van der Waals surface area (Å²) in [6.07, 6.45) is 0. The number of aromatic nitrogens is 1. The van der Waals surface area contributed by atoms with E-state index in [1.165, 1.54) is 5.56 Å². The van der Waals surface area contributed by atoms with Crippen LogP contribution in [0.2, 0.25) is 0 Å². The van der Waals surface area contributed by atoms with Gasteiger partial charge in [-0.05, 0) is 46.2 Å². The molecule has 0 saturated heterocycles. The third kappa shape index (κ3) is 2.77. The minimum Gasteiger partial charge on any atom is -0.506 e. The van der Waals surface area contributed by atoms with Crippen molar-refractivity contribution in [2.45, 2.75) is 19.8 Å². The third-order valence-electron chi connectivity index (χ3n) is 2.69. The van der Waals surface area contributed by atoms with Crippen molar-refractivity contribution in [1.29, 1.82) is 0 Å². The fourth-order valence-corrected chi connectivity index (χ4v) is 2.09. The van der Waals surface area contributed by atoms with Crippen molar-refractivity contribution in [3.8, 4) is 17.0 Å². The molecule has 1 aromatic heterocycles. The summed E-state index contributed by atoms with van der Waals surface area (Å²) < 4.78 is 0.878. The van der Waals surface area contributed by atoms with Crippen LogP contribution in [0.25, 0.3) is 11.3 Å². The quantitative estimate of drug-likeness (QED) is 0.658. The summed E-state index contributed by atoms with van der Waals surface area (Å²) in [7, 11) is 0. The first kappa shape index (κ1) is 12.4. The van der Waals surface area contributed by atoms with Gasteiger partial charge in [-0.3, -0.25) is 0 Å². The molecule has 0 aliphatic carbocycles. The SMILES string of the molecule is CC(C)c1ccc(-c2nc(I)ccc2O)cc1. The van der Waals surface area contributed by atoms with Crippen LogP contribution in [-0.4, -0.2) is 10.1 Å². The van der Waals surface area contributed by atoms with Gasteiger partial charge in [-0.25, -0.2) is 4.98 Å². The predicted molar refractivity (Wildman–Crippen MR) is 78.1 cm³/mol. The highest BCUT2D eigenvalue weighted by Gasteiger charge is 2.07. The van der Waals surface area contributed by atoms with Crippen molar-refractivity contribution < 1.29 is 5.11 Å². The topological polar surface area (TPSA) is 33.1 Å². The zero-order valence-corrected chi connectivity index (χ0v) is 12.0. The second kappa shape index (κ2) is 5.04. The number of pyridine rings is 1. The summed E-state index contributed by atoms with van der Waals surface area (Å²) in [5.74, 6) is 0.740. The van der Waals surface area contributed by atoms with Crippen molar-refractivity contribution in [3.05, 3.63) is 45.7 Å². The highest BCUT2D eigenvalue weighted by atomic mass is 127. The Labute approximate surface area is 115 Å². The lowest BCUT2D eigenvalue weighted by Crippen LogP contribution is -1.90. The molecule has 3 heteroatoms. The molecule has 88 valence electrons. The van der Waals surface area contributed by atoms with Gasteiger partial charge >= 0.3 is 0 Å². The van der Waals surface area contributed by atoms with Gasteiger partial charge < -0.3 is 5.11 Å². The normalized spacial score (nSPS) is 10.8. The number of rotatable bonds is 2. The van der Waals surface area contributed by atoms with E-state index < -0.39 is 0 Å². The van der Waals surface area contributed by atoms with Crippen molar-refractivity contribution in [2.75, 3.05) is 0 Å². The molecule has 0 radical (unpaired) electrons. The minimum atomic E-state index is 0.225. The molecule has 17 heavy (non-hydrogen) atoms. The third-order valence-corrected chi connectivity index (χ3v) is 3.29. The van der Waals surface area contributed by atoms with Gasteiger partial charge in [0.1, 0.15) is 15.1 Å². The van der Waals surface area contributed by atoms with Crippen LogP contribution in [0.3, 0.4) is 0 Å². The van der Waals surface area contributed by atoms with E-state index in [0.717, 1.165) is 9.26 Å². The predicted octanol–water partition coefficient (Wildman–Crippen LogP) is 4.18. The first-order chi connectivity index (χ1) is 8.08. The zero-order valence-electron chi connectivity index (χ0n) is 9.81. The average molecular weight is 339 g/mol. The van der Waals surface area contributed by atoms with Crippen LogP contribution in [0.4, 0.5) is 0 Å². The van der Waals surface area contributed by atoms with Crippen molar-refractivity contribution >= 4 is 22.6 Å². The molecule has 2 aromatic rings. The van der Waals surface area contributed by atoms with E-state index in [4.69, 9.17) is 0 Å². The highest BCUT2D eigenvalue weighted by molar-refractivity contribution is 14.1. The van der Waals surface area contributed by atoms with Crippen molar-refractivity contribution in [3.63, 3.8) is 0 Å². The highest BCUT2D eigenvalue weighted by Crippen LogP contribution is 2.28. The van der Waals surface area contributed by atoms with Crippen molar-refractivity contribution in [2.24, 2.45) is 0 Å².